The Labute approximate surface area is 346 Å². The minimum absolute atomic E-state index is 0.147. The smallest absolute Gasteiger partial charge is 0.164 e. The van der Waals surface area contributed by atoms with Crippen LogP contribution in [-0.2, 0) is 32.5 Å². The molecule has 7 heteroatoms. The Kier molecular flexibility index (Phi) is 9.46. The molecular weight excluding hydrogens is 711 g/mol. The van der Waals surface area contributed by atoms with E-state index in [4.69, 9.17) is 34.9 Å². The second-order valence-electron chi connectivity index (χ2n) is 22.6. The van der Waals surface area contributed by atoms with Crippen molar-refractivity contribution < 1.29 is 0 Å². The van der Waals surface area contributed by atoms with Gasteiger partial charge in [0.05, 0.1) is 22.8 Å². The fraction of sp³-hybridized carbons (Fsp3) is 0.471. The van der Waals surface area contributed by atoms with Gasteiger partial charge < -0.3 is 0 Å². The second kappa shape index (κ2) is 13.3. The number of hydrogen-bond donors (Lipinski definition) is 0. The number of aromatic nitrogens is 7. The molecule has 0 saturated carbocycles. The maximum Gasteiger partial charge on any atom is 0.164 e. The van der Waals surface area contributed by atoms with Crippen LogP contribution in [0.15, 0.2) is 54.6 Å². The molecule has 0 aliphatic carbocycles. The first kappa shape index (κ1) is 41.3. The molecule has 0 N–H and O–H groups in total. The molecule has 0 radical (unpaired) electrons. The highest BCUT2D eigenvalue weighted by molar-refractivity contribution is 6.28. The van der Waals surface area contributed by atoms with Gasteiger partial charge in [-0.25, -0.2) is 34.9 Å². The highest BCUT2D eigenvalue weighted by Crippen LogP contribution is 2.45. The van der Waals surface area contributed by atoms with Crippen LogP contribution in [-0.4, -0.2) is 34.9 Å². The van der Waals surface area contributed by atoms with Crippen LogP contribution < -0.4 is 0 Å². The Bertz CT molecular complexity index is 2610. The zero-order valence-corrected chi connectivity index (χ0v) is 38.3. The van der Waals surface area contributed by atoms with Crippen LogP contribution in [0.4, 0.5) is 0 Å². The summed E-state index contributed by atoms with van der Waals surface area (Å²) in [5.41, 5.74) is 5.89. The summed E-state index contributed by atoms with van der Waals surface area (Å²) < 4.78 is 0. The minimum Gasteiger partial charge on any atom is -0.233 e. The Hall–Kier alpha value is -4.91. The Morgan fingerprint density at radius 2 is 0.707 bits per heavy atom. The van der Waals surface area contributed by atoms with Crippen molar-refractivity contribution in [2.24, 2.45) is 0 Å². The fourth-order valence-electron chi connectivity index (χ4n) is 7.27. The average Bonchev–Trinajstić information content (AvgIpc) is 3.10. The molecule has 0 fully saturated rings. The molecule has 0 spiro atoms. The highest BCUT2D eigenvalue weighted by Gasteiger charge is 2.29. The molecule has 4 aromatic carbocycles. The summed E-state index contributed by atoms with van der Waals surface area (Å²) in [5.74, 6) is 3.72. The van der Waals surface area contributed by atoms with Gasteiger partial charge in [-0.2, -0.15) is 0 Å². The number of rotatable bonds is 3. The number of benzene rings is 4. The van der Waals surface area contributed by atoms with Crippen molar-refractivity contribution >= 4 is 32.3 Å². The zero-order chi connectivity index (χ0) is 42.7. The predicted octanol–water partition coefficient (Wildman–Crippen LogP) is 13.1. The van der Waals surface area contributed by atoms with Gasteiger partial charge in [0.15, 0.2) is 17.5 Å². The van der Waals surface area contributed by atoms with Gasteiger partial charge in [-0.1, -0.05) is 143 Å². The molecule has 7 aromatic rings. The molecule has 7 nitrogen and oxygen atoms in total. The molecule has 0 unspecified atom stereocenters. The maximum atomic E-state index is 5.34. The Morgan fingerprint density at radius 1 is 0.310 bits per heavy atom. The summed E-state index contributed by atoms with van der Waals surface area (Å²) >= 11 is 0. The van der Waals surface area contributed by atoms with Gasteiger partial charge in [-0.15, -0.1) is 0 Å². The van der Waals surface area contributed by atoms with Gasteiger partial charge in [0, 0.05) is 49.2 Å². The average molecular weight is 774 g/mol. The predicted molar refractivity (Wildman–Crippen MR) is 243 cm³/mol. The van der Waals surface area contributed by atoms with Crippen LogP contribution in [0.3, 0.4) is 0 Å². The maximum absolute atomic E-state index is 5.34. The van der Waals surface area contributed by atoms with Gasteiger partial charge in [-0.05, 0) is 68.7 Å². The summed E-state index contributed by atoms with van der Waals surface area (Å²) in [6.07, 6.45) is 0. The van der Waals surface area contributed by atoms with E-state index < -0.39 is 0 Å². The van der Waals surface area contributed by atoms with Crippen LogP contribution in [0.5, 0.6) is 0 Å². The third kappa shape index (κ3) is 7.69. The van der Waals surface area contributed by atoms with Crippen molar-refractivity contribution in [3.8, 4) is 34.2 Å². The third-order valence-corrected chi connectivity index (χ3v) is 11.0. The summed E-state index contributed by atoms with van der Waals surface area (Å²) in [6.45, 7) is 39.6. The van der Waals surface area contributed by atoms with Crippen molar-refractivity contribution in [2.75, 3.05) is 0 Å². The zero-order valence-electron chi connectivity index (χ0n) is 38.3. The first-order chi connectivity index (χ1) is 26.5. The largest absolute Gasteiger partial charge is 0.233 e. The molecule has 0 amide bonds. The van der Waals surface area contributed by atoms with Crippen molar-refractivity contribution in [1.82, 2.24) is 34.9 Å². The van der Waals surface area contributed by atoms with Crippen molar-refractivity contribution in [3.63, 3.8) is 0 Å². The van der Waals surface area contributed by atoms with Gasteiger partial charge in [-0.3, -0.25) is 0 Å². The first-order valence-electron chi connectivity index (χ1n) is 20.8. The third-order valence-electron chi connectivity index (χ3n) is 11.0. The van der Waals surface area contributed by atoms with Crippen LogP contribution >= 0.6 is 0 Å². The monoisotopic (exact) mass is 774 g/mol. The molecular formula is C51H63N7. The first-order valence-corrected chi connectivity index (χ1v) is 20.8. The quantitative estimate of drug-likeness (QED) is 0.165. The minimum atomic E-state index is -0.259. The normalized spacial score (nSPS) is 13.7. The fourth-order valence-corrected chi connectivity index (χ4v) is 7.27. The summed E-state index contributed by atoms with van der Waals surface area (Å²) in [6, 6.07) is 20.1. The number of nitrogens with zero attached hydrogens (tertiary/aromatic N) is 7. The summed E-state index contributed by atoms with van der Waals surface area (Å²) in [4.78, 5) is 36.5. The second-order valence-corrected chi connectivity index (χ2v) is 22.6. The van der Waals surface area contributed by atoms with Crippen LogP contribution in [0.1, 0.15) is 159 Å². The molecule has 3 aromatic heterocycles. The van der Waals surface area contributed by atoms with E-state index in [1.807, 2.05) is 0 Å². The molecule has 0 atom stereocenters. The van der Waals surface area contributed by atoms with Gasteiger partial charge in [0.25, 0.3) is 0 Å². The molecule has 3 heterocycles. The molecule has 302 valence electrons. The molecule has 0 saturated heterocycles. The lowest BCUT2D eigenvalue weighted by Crippen LogP contribution is -2.24. The van der Waals surface area contributed by atoms with E-state index in [0.717, 1.165) is 89.7 Å². The lowest BCUT2D eigenvalue weighted by molar-refractivity contribution is 0.497. The van der Waals surface area contributed by atoms with E-state index in [2.05, 4.69) is 179 Å². The lowest BCUT2D eigenvalue weighted by atomic mass is 9.85. The summed E-state index contributed by atoms with van der Waals surface area (Å²) in [5, 5.41) is 6.71. The van der Waals surface area contributed by atoms with E-state index in [1.165, 1.54) is 5.39 Å². The van der Waals surface area contributed by atoms with Gasteiger partial charge in [0.1, 0.15) is 11.6 Å². The van der Waals surface area contributed by atoms with E-state index >= 15 is 0 Å². The molecule has 58 heavy (non-hydrogen) atoms. The molecule has 0 aliphatic rings. The van der Waals surface area contributed by atoms with Gasteiger partial charge in [0.2, 0.25) is 0 Å². The topological polar surface area (TPSA) is 90.2 Å². The molecule has 0 aliphatic heterocycles. The van der Waals surface area contributed by atoms with E-state index in [-0.39, 0.29) is 32.5 Å². The van der Waals surface area contributed by atoms with E-state index in [0.29, 0.717) is 5.82 Å². The molecule has 7 rings (SSSR count). The van der Waals surface area contributed by atoms with E-state index in [9.17, 15) is 0 Å². The van der Waals surface area contributed by atoms with Crippen LogP contribution in [0, 0.1) is 0 Å². The van der Waals surface area contributed by atoms with Crippen LogP contribution in [0.25, 0.3) is 66.5 Å². The number of hydrogen-bond acceptors (Lipinski definition) is 7. The van der Waals surface area contributed by atoms with Crippen molar-refractivity contribution in [2.45, 2.75) is 157 Å². The Balaban J connectivity index is 1.62. The SMILES string of the molecule is CC(C)(C)c1cc(C(C)(C)C)nc(-c2cc3ccc4c(-c5nc(C(C)(C)C)nc(C(C)(C)C)n5)ccc5c(-c6nc(C(C)(C)C)cc(C(C)(C)C)n6)cc(c2)c3c54)n1. The Morgan fingerprint density at radius 3 is 1.16 bits per heavy atom. The summed E-state index contributed by atoms with van der Waals surface area (Å²) in [7, 11) is 0. The lowest BCUT2D eigenvalue weighted by Gasteiger charge is -2.25. The van der Waals surface area contributed by atoms with Crippen LogP contribution in [0.2, 0.25) is 0 Å². The highest BCUT2D eigenvalue weighted by atomic mass is 15.1. The van der Waals surface area contributed by atoms with Crippen molar-refractivity contribution in [1.29, 1.82) is 0 Å². The van der Waals surface area contributed by atoms with Gasteiger partial charge >= 0.3 is 0 Å². The van der Waals surface area contributed by atoms with Crippen molar-refractivity contribution in [3.05, 3.63) is 89.0 Å². The standard InChI is InChI=1S/C51H63N7/c1-46(2,3)35-26-36(47(4,5)6)53-41(52-35)30-23-28-19-20-31-33(42-56-44(50(13,14)15)58-45(57-42)51(16,17)18)22-21-32-34(25-29(24-30)39(28)40(31)32)43-54-37(48(7,8)9)27-38(55-43)49(10,11)12/h19-27H,1-18H3. The molecule has 0 bridgehead atoms. The van der Waals surface area contributed by atoms with E-state index in [1.54, 1.807) is 0 Å².